The monoisotopic (exact) mass is 520 g/mol. The summed E-state index contributed by atoms with van der Waals surface area (Å²) in [5.41, 5.74) is 2.88. The summed E-state index contributed by atoms with van der Waals surface area (Å²) < 4.78 is 6.61. The summed E-state index contributed by atoms with van der Waals surface area (Å²) in [7, 11) is 0. The van der Waals surface area contributed by atoms with Gasteiger partial charge in [0.1, 0.15) is 11.5 Å². The lowest BCUT2D eigenvalue weighted by Crippen LogP contribution is -2.29. The third-order valence-corrected chi connectivity index (χ3v) is 6.24. The van der Waals surface area contributed by atoms with Crippen LogP contribution < -0.4 is 4.74 Å². The van der Waals surface area contributed by atoms with Crippen molar-refractivity contribution in [2.24, 2.45) is 0 Å². The Hall–Kier alpha value is -3.45. The number of aromatic nitrogens is 1. The van der Waals surface area contributed by atoms with Gasteiger partial charge in [-0.25, -0.2) is 0 Å². The molecule has 1 saturated heterocycles. The fourth-order valence-electron chi connectivity index (χ4n) is 4.05. The highest BCUT2D eigenvalue weighted by atomic mass is 79.9. The SMILES string of the molecule is CCCOc1ccc(C(O)=C2C(=O)C(=O)N(Cc3cccnc3)[C@@H]2c2ccc(Br)cc2)cc1C. The number of nitrogens with zero attached hydrogens (tertiary/aromatic N) is 2. The maximum Gasteiger partial charge on any atom is 0.295 e. The van der Waals surface area contributed by atoms with Crippen LogP contribution in [0.25, 0.3) is 5.76 Å². The van der Waals surface area contributed by atoms with E-state index >= 15 is 0 Å². The summed E-state index contributed by atoms with van der Waals surface area (Å²) in [6.07, 6.45) is 4.20. The van der Waals surface area contributed by atoms with Gasteiger partial charge >= 0.3 is 0 Å². The molecule has 0 bridgehead atoms. The van der Waals surface area contributed by atoms with E-state index in [1.165, 1.54) is 4.90 Å². The van der Waals surface area contributed by atoms with E-state index in [1.54, 1.807) is 36.7 Å². The number of halogens is 1. The Morgan fingerprint density at radius 2 is 1.91 bits per heavy atom. The molecule has 0 unspecified atom stereocenters. The molecule has 2 heterocycles. The molecule has 1 atom stereocenters. The number of hydrogen-bond acceptors (Lipinski definition) is 5. The van der Waals surface area contributed by atoms with Crippen LogP contribution in [0, 0.1) is 6.92 Å². The number of hydrogen-bond donors (Lipinski definition) is 1. The van der Waals surface area contributed by atoms with Crippen LogP contribution in [0.5, 0.6) is 5.75 Å². The Labute approximate surface area is 207 Å². The number of likely N-dealkylation sites (tertiary alicyclic amines) is 1. The Morgan fingerprint density at radius 3 is 2.56 bits per heavy atom. The van der Waals surface area contributed by atoms with Crippen molar-refractivity contribution in [2.45, 2.75) is 32.9 Å². The van der Waals surface area contributed by atoms with Gasteiger partial charge in [0.05, 0.1) is 18.2 Å². The van der Waals surface area contributed by atoms with E-state index in [9.17, 15) is 14.7 Å². The number of pyridine rings is 1. The topological polar surface area (TPSA) is 79.7 Å². The second-order valence-electron chi connectivity index (χ2n) is 8.17. The zero-order valence-corrected chi connectivity index (χ0v) is 20.6. The van der Waals surface area contributed by atoms with Crippen LogP contribution in [0.15, 0.2) is 77.0 Å². The van der Waals surface area contributed by atoms with Gasteiger partial charge in [0, 0.05) is 29.0 Å². The molecule has 2 aromatic carbocycles. The molecule has 1 aromatic heterocycles. The van der Waals surface area contributed by atoms with Crippen LogP contribution in [0.2, 0.25) is 0 Å². The predicted molar refractivity (Wildman–Crippen MR) is 133 cm³/mol. The summed E-state index contributed by atoms with van der Waals surface area (Å²) in [5.74, 6) is -0.846. The van der Waals surface area contributed by atoms with Crippen molar-refractivity contribution in [1.82, 2.24) is 9.88 Å². The van der Waals surface area contributed by atoms with Gasteiger partial charge in [-0.05, 0) is 66.4 Å². The van der Waals surface area contributed by atoms with Crippen molar-refractivity contribution >= 4 is 33.4 Å². The highest BCUT2D eigenvalue weighted by molar-refractivity contribution is 9.10. The molecule has 0 aliphatic carbocycles. The number of Topliss-reactive ketones (excluding diaryl/α,β-unsaturated/α-hetero) is 1. The van der Waals surface area contributed by atoms with Gasteiger partial charge < -0.3 is 14.7 Å². The van der Waals surface area contributed by atoms with Crippen molar-refractivity contribution in [3.05, 3.63) is 99.3 Å². The Balaban J connectivity index is 1.81. The number of benzene rings is 2. The Kier molecular flexibility index (Phi) is 7.12. The lowest BCUT2D eigenvalue weighted by Gasteiger charge is -2.25. The van der Waals surface area contributed by atoms with Gasteiger partial charge in [0.15, 0.2) is 0 Å². The molecule has 1 fully saturated rings. The first-order chi connectivity index (χ1) is 16.4. The molecule has 3 aromatic rings. The van der Waals surface area contributed by atoms with E-state index < -0.39 is 17.7 Å². The molecule has 1 N–H and O–H groups in total. The lowest BCUT2D eigenvalue weighted by atomic mass is 9.94. The van der Waals surface area contributed by atoms with Gasteiger partial charge in [0.25, 0.3) is 11.7 Å². The molecule has 7 heteroatoms. The first-order valence-electron chi connectivity index (χ1n) is 11.1. The number of amides is 1. The van der Waals surface area contributed by atoms with E-state index in [1.807, 2.05) is 44.2 Å². The minimum absolute atomic E-state index is 0.0674. The molecule has 174 valence electrons. The number of aliphatic hydroxyl groups excluding tert-OH is 1. The Morgan fingerprint density at radius 1 is 1.15 bits per heavy atom. The molecule has 1 aliphatic heterocycles. The average Bonchev–Trinajstić information content (AvgIpc) is 3.09. The fourth-order valence-corrected chi connectivity index (χ4v) is 4.31. The average molecular weight is 521 g/mol. The third kappa shape index (κ3) is 4.75. The molecule has 0 spiro atoms. The number of rotatable bonds is 7. The second-order valence-corrected chi connectivity index (χ2v) is 9.08. The number of aliphatic hydroxyl groups is 1. The largest absolute Gasteiger partial charge is 0.507 e. The van der Waals surface area contributed by atoms with Crippen LogP contribution in [-0.4, -0.2) is 33.3 Å². The first-order valence-corrected chi connectivity index (χ1v) is 11.9. The lowest BCUT2D eigenvalue weighted by molar-refractivity contribution is -0.140. The number of carbonyl (C=O) groups is 2. The van der Waals surface area contributed by atoms with E-state index in [0.29, 0.717) is 12.2 Å². The summed E-state index contributed by atoms with van der Waals surface area (Å²) >= 11 is 3.43. The Bertz CT molecular complexity index is 1240. The normalized spacial score (nSPS) is 17.3. The molecule has 0 saturated carbocycles. The molecular weight excluding hydrogens is 496 g/mol. The second kappa shape index (κ2) is 10.2. The van der Waals surface area contributed by atoms with Crippen molar-refractivity contribution < 1.29 is 19.4 Å². The molecule has 1 aliphatic rings. The number of aryl methyl sites for hydroxylation is 1. The molecule has 1 amide bonds. The molecule has 0 radical (unpaired) electrons. The van der Waals surface area contributed by atoms with E-state index in [4.69, 9.17) is 4.74 Å². The first kappa shape index (κ1) is 23.7. The van der Waals surface area contributed by atoms with Crippen molar-refractivity contribution in [1.29, 1.82) is 0 Å². The third-order valence-electron chi connectivity index (χ3n) is 5.71. The molecule has 4 rings (SSSR count). The van der Waals surface area contributed by atoms with Crippen LogP contribution in [0.1, 0.15) is 41.6 Å². The maximum absolute atomic E-state index is 13.2. The summed E-state index contributed by atoms with van der Waals surface area (Å²) in [6.45, 7) is 4.70. The smallest absolute Gasteiger partial charge is 0.295 e. The molecular formula is C27H25BrN2O4. The van der Waals surface area contributed by atoms with Crippen molar-refractivity contribution in [3.63, 3.8) is 0 Å². The van der Waals surface area contributed by atoms with Crippen molar-refractivity contribution in [2.75, 3.05) is 6.61 Å². The van der Waals surface area contributed by atoms with Crippen LogP contribution in [0.4, 0.5) is 0 Å². The maximum atomic E-state index is 13.2. The predicted octanol–water partition coefficient (Wildman–Crippen LogP) is 5.56. The summed E-state index contributed by atoms with van der Waals surface area (Å²) in [5, 5.41) is 11.3. The number of ketones is 1. The number of carbonyl (C=O) groups excluding carboxylic acids is 2. The van der Waals surface area contributed by atoms with Crippen LogP contribution >= 0.6 is 15.9 Å². The minimum Gasteiger partial charge on any atom is -0.507 e. The van der Waals surface area contributed by atoms with E-state index in [-0.39, 0.29) is 17.9 Å². The summed E-state index contributed by atoms with van der Waals surface area (Å²) in [6, 6.07) is 15.6. The van der Waals surface area contributed by atoms with Crippen LogP contribution in [-0.2, 0) is 16.1 Å². The summed E-state index contributed by atoms with van der Waals surface area (Å²) in [4.78, 5) is 31.9. The molecule has 34 heavy (non-hydrogen) atoms. The minimum atomic E-state index is -0.732. The van der Waals surface area contributed by atoms with Crippen LogP contribution in [0.3, 0.4) is 0 Å². The standard InChI is InChI=1S/C27H25BrN2O4/c1-3-13-34-22-11-8-20(14-17(22)2)25(31)23-24(19-6-9-21(28)10-7-19)30(27(33)26(23)32)16-18-5-4-12-29-15-18/h4-12,14-15,24,31H,3,13,16H2,1-2H3/t24-/m1/s1. The van der Waals surface area contributed by atoms with Gasteiger partial charge in [-0.2, -0.15) is 0 Å². The van der Waals surface area contributed by atoms with E-state index in [2.05, 4.69) is 20.9 Å². The number of ether oxygens (including phenoxy) is 1. The van der Waals surface area contributed by atoms with Gasteiger partial charge in [-0.3, -0.25) is 14.6 Å². The highest BCUT2D eigenvalue weighted by Gasteiger charge is 2.46. The zero-order chi connectivity index (χ0) is 24.2. The van der Waals surface area contributed by atoms with E-state index in [0.717, 1.165) is 33.3 Å². The quantitative estimate of drug-likeness (QED) is 0.250. The van der Waals surface area contributed by atoms with Gasteiger partial charge in [0.2, 0.25) is 0 Å². The van der Waals surface area contributed by atoms with Gasteiger partial charge in [-0.15, -0.1) is 0 Å². The van der Waals surface area contributed by atoms with Crippen molar-refractivity contribution in [3.8, 4) is 5.75 Å². The fraction of sp³-hybridized carbons (Fsp3) is 0.222. The van der Waals surface area contributed by atoms with Gasteiger partial charge in [-0.1, -0.05) is 41.1 Å². The zero-order valence-electron chi connectivity index (χ0n) is 19.0. The molecule has 6 nitrogen and oxygen atoms in total. The highest BCUT2D eigenvalue weighted by Crippen LogP contribution is 2.41.